The van der Waals surface area contributed by atoms with Crippen LogP contribution in [0.2, 0.25) is 0 Å². The monoisotopic (exact) mass is 432 g/mol. The molecule has 0 aliphatic carbocycles. The zero-order valence-corrected chi connectivity index (χ0v) is 15.3. The highest BCUT2D eigenvalue weighted by Crippen LogP contribution is 2.40. The maximum Gasteiger partial charge on any atom is 0.432 e. The van der Waals surface area contributed by atoms with Crippen molar-refractivity contribution >= 4 is 21.9 Å². The summed E-state index contributed by atoms with van der Waals surface area (Å²) in [5, 5.41) is 10.00. The van der Waals surface area contributed by atoms with E-state index in [9.17, 15) is 23.1 Å². The van der Waals surface area contributed by atoms with Gasteiger partial charge in [0.15, 0.2) is 0 Å². The molecule has 1 N–H and O–H groups in total. The molecule has 0 radical (unpaired) electrons. The lowest BCUT2D eigenvalue weighted by Crippen LogP contribution is -2.50. The number of halogens is 4. The van der Waals surface area contributed by atoms with Crippen LogP contribution >= 0.6 is 15.9 Å². The van der Waals surface area contributed by atoms with Crippen molar-refractivity contribution in [2.45, 2.75) is 25.3 Å². The topological polar surface area (TPSA) is 55.8 Å². The van der Waals surface area contributed by atoms with Gasteiger partial charge in [-0.25, -0.2) is 4.79 Å². The van der Waals surface area contributed by atoms with Crippen LogP contribution in [0.5, 0.6) is 5.75 Å². The summed E-state index contributed by atoms with van der Waals surface area (Å²) in [5.41, 5.74) is -3.50. The molecule has 0 amide bonds. The second-order valence-electron chi connectivity index (χ2n) is 5.37. The number of carbonyl (C=O) groups is 1. The fourth-order valence-electron chi connectivity index (χ4n) is 2.17. The first kappa shape index (κ1) is 20.3. The third kappa shape index (κ3) is 4.37. The van der Waals surface area contributed by atoms with E-state index in [2.05, 4.69) is 20.7 Å². The summed E-state index contributed by atoms with van der Waals surface area (Å²) in [5.74, 6) is -1.47. The van der Waals surface area contributed by atoms with E-state index in [0.717, 1.165) is 22.2 Å². The van der Waals surface area contributed by atoms with Crippen LogP contribution in [0, 0.1) is 0 Å². The first-order valence-corrected chi connectivity index (χ1v) is 8.42. The minimum atomic E-state index is -5.22. The van der Waals surface area contributed by atoms with Crippen LogP contribution in [0.25, 0.3) is 0 Å². The van der Waals surface area contributed by atoms with Crippen molar-refractivity contribution in [3.63, 3.8) is 0 Å². The van der Waals surface area contributed by atoms with E-state index in [0.29, 0.717) is 5.75 Å². The quantitative estimate of drug-likeness (QED) is 0.689. The molecule has 0 aliphatic heterocycles. The summed E-state index contributed by atoms with van der Waals surface area (Å²) in [6.45, 7) is 1.29. The third-order valence-corrected chi connectivity index (χ3v) is 4.10. The minimum Gasteiger partial charge on any atom is -0.489 e. The van der Waals surface area contributed by atoms with Gasteiger partial charge in [0.25, 0.3) is 5.60 Å². The fourth-order valence-corrected chi connectivity index (χ4v) is 2.44. The van der Waals surface area contributed by atoms with Gasteiger partial charge in [-0.2, -0.15) is 13.2 Å². The summed E-state index contributed by atoms with van der Waals surface area (Å²) in [6, 6.07) is 11.8. The highest BCUT2D eigenvalue weighted by atomic mass is 79.9. The second-order valence-corrected chi connectivity index (χ2v) is 6.28. The van der Waals surface area contributed by atoms with Crippen molar-refractivity contribution in [3.05, 3.63) is 64.1 Å². The average Bonchev–Trinajstić information content (AvgIpc) is 2.60. The van der Waals surface area contributed by atoms with Gasteiger partial charge < -0.3 is 14.6 Å². The Morgan fingerprint density at radius 2 is 1.65 bits per heavy atom. The Morgan fingerprint density at radius 1 is 1.08 bits per heavy atom. The van der Waals surface area contributed by atoms with Gasteiger partial charge in [0.1, 0.15) is 12.4 Å². The molecule has 26 heavy (non-hydrogen) atoms. The van der Waals surface area contributed by atoms with Gasteiger partial charge in [-0.3, -0.25) is 0 Å². The highest BCUT2D eigenvalue weighted by molar-refractivity contribution is 9.10. The molecule has 2 aromatic carbocycles. The molecule has 140 valence electrons. The third-order valence-electron chi connectivity index (χ3n) is 3.57. The summed E-state index contributed by atoms with van der Waals surface area (Å²) < 4.78 is 50.6. The summed E-state index contributed by atoms with van der Waals surface area (Å²) in [4.78, 5) is 11.7. The summed E-state index contributed by atoms with van der Waals surface area (Å²) in [7, 11) is 0. The number of esters is 1. The van der Waals surface area contributed by atoms with Crippen molar-refractivity contribution in [2.24, 2.45) is 0 Å². The Bertz CT molecular complexity index is 745. The standard InChI is InChI=1S/C18H16BrF3O4/c1-2-25-16(23)17(24,18(20,21)22)13-5-9-15(10-6-13)26-11-12-3-7-14(19)8-4-12/h3-10,24H,2,11H2,1H3/t17-/m1/s1. The molecule has 0 saturated heterocycles. The van der Waals surface area contributed by atoms with E-state index in [-0.39, 0.29) is 13.2 Å². The van der Waals surface area contributed by atoms with Gasteiger partial charge in [0, 0.05) is 10.0 Å². The molecule has 2 aromatic rings. The molecule has 0 aliphatic rings. The zero-order chi connectivity index (χ0) is 19.4. The highest BCUT2D eigenvalue weighted by Gasteiger charge is 2.62. The van der Waals surface area contributed by atoms with Gasteiger partial charge in [-0.05, 0) is 36.8 Å². The fraction of sp³-hybridized carbons (Fsp3) is 0.278. The molecular formula is C18H16BrF3O4. The van der Waals surface area contributed by atoms with Gasteiger partial charge in [-0.1, -0.05) is 40.2 Å². The molecule has 4 nitrogen and oxygen atoms in total. The SMILES string of the molecule is CCOC(=O)[C@](O)(c1ccc(OCc2ccc(Br)cc2)cc1)C(F)(F)F. The Morgan fingerprint density at radius 3 is 2.15 bits per heavy atom. The van der Waals surface area contributed by atoms with Crippen LogP contribution in [0.3, 0.4) is 0 Å². The van der Waals surface area contributed by atoms with E-state index in [1.54, 1.807) is 0 Å². The molecule has 0 heterocycles. The van der Waals surface area contributed by atoms with E-state index in [1.165, 1.54) is 19.1 Å². The molecule has 0 fully saturated rings. The van der Waals surface area contributed by atoms with Crippen LogP contribution in [0.4, 0.5) is 13.2 Å². The van der Waals surface area contributed by atoms with E-state index < -0.39 is 23.3 Å². The van der Waals surface area contributed by atoms with Crippen molar-refractivity contribution in [3.8, 4) is 5.75 Å². The van der Waals surface area contributed by atoms with Gasteiger partial charge >= 0.3 is 12.1 Å². The Labute approximate surface area is 156 Å². The number of carbonyl (C=O) groups excluding carboxylic acids is 1. The summed E-state index contributed by atoms with van der Waals surface area (Å²) >= 11 is 3.31. The Hall–Kier alpha value is -2.06. The largest absolute Gasteiger partial charge is 0.489 e. The first-order chi connectivity index (χ1) is 12.2. The predicted molar refractivity (Wildman–Crippen MR) is 91.5 cm³/mol. The Kier molecular flexibility index (Phi) is 6.30. The molecule has 0 spiro atoms. The number of ether oxygens (including phenoxy) is 2. The zero-order valence-electron chi connectivity index (χ0n) is 13.7. The van der Waals surface area contributed by atoms with Gasteiger partial charge in [-0.15, -0.1) is 0 Å². The van der Waals surface area contributed by atoms with E-state index >= 15 is 0 Å². The lowest BCUT2D eigenvalue weighted by Gasteiger charge is -2.28. The van der Waals surface area contributed by atoms with Crippen LogP contribution in [-0.2, 0) is 21.7 Å². The predicted octanol–water partition coefficient (Wildman–Crippen LogP) is 4.34. The lowest BCUT2D eigenvalue weighted by atomic mass is 9.93. The van der Waals surface area contributed by atoms with Crippen LogP contribution < -0.4 is 4.74 Å². The molecular weight excluding hydrogens is 417 g/mol. The smallest absolute Gasteiger partial charge is 0.432 e. The van der Waals surface area contributed by atoms with Gasteiger partial charge in [0.2, 0.25) is 0 Å². The first-order valence-electron chi connectivity index (χ1n) is 7.62. The number of benzene rings is 2. The number of rotatable bonds is 6. The maximum absolute atomic E-state index is 13.3. The molecule has 2 rings (SSSR count). The molecule has 0 saturated carbocycles. The number of hydrogen-bond acceptors (Lipinski definition) is 4. The van der Waals surface area contributed by atoms with Crippen LogP contribution in [0.1, 0.15) is 18.1 Å². The normalized spacial score (nSPS) is 13.8. The second kappa shape index (κ2) is 8.09. The molecule has 0 unspecified atom stereocenters. The molecule has 1 atom stereocenters. The molecule has 8 heteroatoms. The minimum absolute atomic E-state index is 0.216. The van der Waals surface area contributed by atoms with E-state index in [4.69, 9.17) is 4.74 Å². The van der Waals surface area contributed by atoms with Crippen LogP contribution in [0.15, 0.2) is 53.0 Å². The van der Waals surface area contributed by atoms with E-state index in [1.807, 2.05) is 24.3 Å². The lowest BCUT2D eigenvalue weighted by molar-refractivity contribution is -0.267. The molecule has 0 aromatic heterocycles. The average molecular weight is 433 g/mol. The Balaban J connectivity index is 2.17. The molecule has 0 bridgehead atoms. The summed E-state index contributed by atoms with van der Waals surface area (Å²) in [6.07, 6.45) is -5.22. The number of alkyl halides is 3. The van der Waals surface area contributed by atoms with Crippen molar-refractivity contribution in [2.75, 3.05) is 6.61 Å². The number of hydrogen-bond donors (Lipinski definition) is 1. The van der Waals surface area contributed by atoms with Crippen molar-refractivity contribution in [1.82, 2.24) is 0 Å². The van der Waals surface area contributed by atoms with Crippen molar-refractivity contribution < 1.29 is 32.5 Å². The van der Waals surface area contributed by atoms with Gasteiger partial charge in [0.05, 0.1) is 6.61 Å². The van der Waals surface area contributed by atoms with Crippen LogP contribution in [-0.4, -0.2) is 23.9 Å². The van der Waals surface area contributed by atoms with Crippen molar-refractivity contribution in [1.29, 1.82) is 0 Å². The maximum atomic E-state index is 13.3. The number of aliphatic hydroxyl groups is 1.